The van der Waals surface area contributed by atoms with Crippen molar-refractivity contribution in [2.24, 2.45) is 0 Å². The molecule has 0 aliphatic rings. The molecule has 0 saturated carbocycles. The number of ether oxygens (including phenoxy) is 1. The summed E-state index contributed by atoms with van der Waals surface area (Å²) in [7, 11) is 0. The number of nitro groups is 1. The molecule has 0 bridgehead atoms. The van der Waals surface area contributed by atoms with Crippen molar-refractivity contribution in [1.82, 2.24) is 5.16 Å². The number of benzene rings is 2. The van der Waals surface area contributed by atoms with Crippen molar-refractivity contribution >= 4 is 23.3 Å². The molecule has 3 rings (SSSR count). The monoisotopic (exact) mass is 395 g/mol. The van der Waals surface area contributed by atoms with Gasteiger partial charge in [-0.15, -0.1) is 0 Å². The lowest BCUT2D eigenvalue weighted by Gasteiger charge is -2.09. The van der Waals surface area contributed by atoms with Crippen LogP contribution in [0, 0.1) is 24.0 Å². The first-order chi connectivity index (χ1) is 13.9. The zero-order valence-corrected chi connectivity index (χ0v) is 15.7. The van der Waals surface area contributed by atoms with E-state index in [-0.39, 0.29) is 22.7 Å². The van der Waals surface area contributed by atoms with Crippen LogP contribution in [-0.4, -0.2) is 28.6 Å². The van der Waals surface area contributed by atoms with Crippen LogP contribution in [0.5, 0.6) is 0 Å². The number of esters is 1. The summed E-state index contributed by atoms with van der Waals surface area (Å²) in [5.41, 5.74) is 1.42. The number of nitrogens with zero attached hydrogens (tertiary/aromatic N) is 2. The molecule has 0 aliphatic heterocycles. The van der Waals surface area contributed by atoms with E-state index in [9.17, 15) is 19.7 Å². The van der Waals surface area contributed by atoms with Crippen molar-refractivity contribution in [3.05, 3.63) is 75.5 Å². The van der Waals surface area contributed by atoms with Crippen molar-refractivity contribution in [2.75, 3.05) is 11.9 Å². The smallest absolute Gasteiger partial charge is 0.344 e. The Kier molecular flexibility index (Phi) is 5.68. The molecule has 2 aromatic carbocycles. The number of amides is 1. The molecule has 1 aromatic heterocycles. The van der Waals surface area contributed by atoms with E-state index in [2.05, 4.69) is 10.5 Å². The third kappa shape index (κ3) is 4.29. The van der Waals surface area contributed by atoms with Crippen LogP contribution in [0.1, 0.15) is 21.7 Å². The average Bonchev–Trinajstić information content (AvgIpc) is 3.09. The van der Waals surface area contributed by atoms with Crippen molar-refractivity contribution in [1.29, 1.82) is 0 Å². The van der Waals surface area contributed by atoms with Gasteiger partial charge in [-0.3, -0.25) is 14.9 Å². The largest absolute Gasteiger partial charge is 0.452 e. The van der Waals surface area contributed by atoms with Gasteiger partial charge >= 0.3 is 5.97 Å². The topological polar surface area (TPSA) is 125 Å². The molecule has 1 heterocycles. The van der Waals surface area contributed by atoms with Crippen molar-refractivity contribution in [2.45, 2.75) is 13.8 Å². The second-order valence-electron chi connectivity index (χ2n) is 6.18. The van der Waals surface area contributed by atoms with Gasteiger partial charge in [0.2, 0.25) is 0 Å². The van der Waals surface area contributed by atoms with Crippen LogP contribution in [0.15, 0.2) is 53.1 Å². The highest BCUT2D eigenvalue weighted by molar-refractivity contribution is 6.00. The van der Waals surface area contributed by atoms with Gasteiger partial charge < -0.3 is 14.6 Å². The highest BCUT2D eigenvalue weighted by atomic mass is 16.6. The van der Waals surface area contributed by atoms with Crippen LogP contribution < -0.4 is 5.32 Å². The van der Waals surface area contributed by atoms with Crippen LogP contribution in [0.2, 0.25) is 0 Å². The number of para-hydroxylation sites is 1. The van der Waals surface area contributed by atoms with E-state index in [1.165, 1.54) is 12.1 Å². The molecular weight excluding hydrogens is 378 g/mol. The van der Waals surface area contributed by atoms with Crippen LogP contribution in [0.4, 0.5) is 11.4 Å². The lowest BCUT2D eigenvalue weighted by molar-refractivity contribution is -0.384. The number of nitrogens with one attached hydrogen (secondary N) is 1. The molecule has 29 heavy (non-hydrogen) atoms. The SMILES string of the molecule is Cc1cccc([N+](=O)[O-])c1NC(=O)COC(=O)c1c(-c2ccccc2)noc1C. The third-order valence-corrected chi connectivity index (χ3v) is 4.16. The molecule has 0 spiro atoms. The second kappa shape index (κ2) is 8.34. The van der Waals surface area contributed by atoms with Gasteiger partial charge in [-0.05, 0) is 19.4 Å². The molecule has 0 fully saturated rings. The molecule has 0 saturated heterocycles. The number of hydrogen-bond donors (Lipinski definition) is 1. The predicted molar refractivity (Wildman–Crippen MR) is 103 cm³/mol. The third-order valence-electron chi connectivity index (χ3n) is 4.16. The minimum atomic E-state index is -0.781. The zero-order valence-electron chi connectivity index (χ0n) is 15.7. The number of aromatic nitrogens is 1. The minimum absolute atomic E-state index is 0.0599. The van der Waals surface area contributed by atoms with E-state index in [4.69, 9.17) is 9.26 Å². The lowest BCUT2D eigenvalue weighted by Crippen LogP contribution is -2.22. The fourth-order valence-corrected chi connectivity index (χ4v) is 2.75. The van der Waals surface area contributed by atoms with Gasteiger partial charge in [0.1, 0.15) is 22.7 Å². The van der Waals surface area contributed by atoms with Crippen molar-refractivity contribution < 1.29 is 23.8 Å². The molecule has 148 valence electrons. The highest BCUT2D eigenvalue weighted by Gasteiger charge is 2.24. The Hall–Kier alpha value is -4.01. The van der Waals surface area contributed by atoms with Crippen molar-refractivity contribution in [3.63, 3.8) is 0 Å². The number of nitro benzene ring substituents is 1. The van der Waals surface area contributed by atoms with Crippen LogP contribution in [0.3, 0.4) is 0 Å². The van der Waals surface area contributed by atoms with Crippen LogP contribution in [0.25, 0.3) is 11.3 Å². The zero-order chi connectivity index (χ0) is 21.0. The Morgan fingerprint density at radius 2 is 1.86 bits per heavy atom. The predicted octanol–water partition coefficient (Wildman–Crippen LogP) is 3.66. The fraction of sp³-hybridized carbons (Fsp3) is 0.150. The molecule has 1 amide bonds. The number of carbonyl (C=O) groups excluding carboxylic acids is 2. The minimum Gasteiger partial charge on any atom is -0.452 e. The van der Waals surface area contributed by atoms with E-state index >= 15 is 0 Å². The maximum Gasteiger partial charge on any atom is 0.344 e. The quantitative estimate of drug-likeness (QED) is 0.383. The number of anilines is 1. The number of carbonyl (C=O) groups is 2. The Morgan fingerprint density at radius 3 is 2.55 bits per heavy atom. The maximum absolute atomic E-state index is 12.5. The van der Waals surface area contributed by atoms with E-state index < -0.39 is 23.4 Å². The maximum atomic E-state index is 12.5. The van der Waals surface area contributed by atoms with Gasteiger partial charge in [0, 0.05) is 11.6 Å². The van der Waals surface area contributed by atoms with Crippen LogP contribution in [-0.2, 0) is 9.53 Å². The van der Waals surface area contributed by atoms with Gasteiger partial charge in [0.15, 0.2) is 6.61 Å². The summed E-state index contributed by atoms with van der Waals surface area (Å²) < 4.78 is 10.2. The van der Waals surface area contributed by atoms with Crippen molar-refractivity contribution in [3.8, 4) is 11.3 Å². The van der Waals surface area contributed by atoms with Gasteiger partial charge in [-0.2, -0.15) is 0 Å². The average molecular weight is 395 g/mol. The van der Waals surface area contributed by atoms with E-state index in [1.807, 2.05) is 6.07 Å². The molecule has 1 N–H and O–H groups in total. The summed E-state index contributed by atoms with van der Waals surface area (Å²) in [4.78, 5) is 35.3. The number of hydrogen-bond acceptors (Lipinski definition) is 7. The van der Waals surface area contributed by atoms with Gasteiger partial charge in [-0.25, -0.2) is 4.79 Å². The normalized spacial score (nSPS) is 10.4. The Balaban J connectivity index is 1.72. The van der Waals surface area contributed by atoms with E-state index in [0.717, 1.165) is 0 Å². The molecule has 0 radical (unpaired) electrons. The first-order valence-corrected chi connectivity index (χ1v) is 8.61. The van der Waals surface area contributed by atoms with Gasteiger partial charge in [0.25, 0.3) is 11.6 Å². The Bertz CT molecular complexity index is 1080. The first kappa shape index (κ1) is 19.7. The highest BCUT2D eigenvalue weighted by Crippen LogP contribution is 2.28. The van der Waals surface area contributed by atoms with Gasteiger partial charge in [0.05, 0.1) is 4.92 Å². The summed E-state index contributed by atoms with van der Waals surface area (Å²) in [6, 6.07) is 13.3. The number of rotatable bonds is 6. The molecule has 0 unspecified atom stereocenters. The molecule has 0 atom stereocenters. The van der Waals surface area contributed by atoms with E-state index in [1.54, 1.807) is 44.2 Å². The van der Waals surface area contributed by atoms with Gasteiger partial charge in [-0.1, -0.05) is 47.6 Å². The Morgan fingerprint density at radius 1 is 1.14 bits per heavy atom. The summed E-state index contributed by atoms with van der Waals surface area (Å²) >= 11 is 0. The standard InChI is InChI=1S/C20H17N3O6/c1-12-7-6-10-15(23(26)27)18(12)21-16(24)11-28-20(25)17-13(2)29-22-19(17)14-8-4-3-5-9-14/h3-10H,11H2,1-2H3,(H,21,24). The lowest BCUT2D eigenvalue weighted by atomic mass is 10.1. The first-order valence-electron chi connectivity index (χ1n) is 8.61. The van der Waals surface area contributed by atoms with E-state index in [0.29, 0.717) is 16.8 Å². The molecule has 0 aliphatic carbocycles. The molecule has 3 aromatic rings. The number of aryl methyl sites for hydroxylation is 2. The summed E-state index contributed by atoms with van der Waals surface area (Å²) in [6.07, 6.45) is 0. The van der Waals surface area contributed by atoms with Crippen LogP contribution >= 0.6 is 0 Å². The molecule has 9 nitrogen and oxygen atoms in total. The molecular formula is C20H17N3O6. The molecule has 9 heteroatoms. The Labute approximate surface area is 165 Å². The summed E-state index contributed by atoms with van der Waals surface area (Å²) in [5.74, 6) is -1.23. The fourth-order valence-electron chi connectivity index (χ4n) is 2.75. The summed E-state index contributed by atoms with van der Waals surface area (Å²) in [5, 5.41) is 17.5. The second-order valence-corrected chi connectivity index (χ2v) is 6.18. The summed E-state index contributed by atoms with van der Waals surface area (Å²) in [6.45, 7) is 2.57.